The number of nitrogens with zero attached hydrogens (tertiary/aromatic N) is 1. The average Bonchev–Trinajstić information content (AvgIpc) is 2.83. The molecule has 0 aliphatic rings. The Kier molecular flexibility index (Phi) is 12.9. The number of unbranched alkanes of at least 4 members (excludes halogenated alkanes) is 5. The first kappa shape index (κ1) is 27.7. The zero-order chi connectivity index (χ0) is 24.1. The zero-order valence-electron chi connectivity index (χ0n) is 19.9. The van der Waals surface area contributed by atoms with Crippen LogP contribution in [0.4, 0.5) is 5.69 Å². The average molecular weight is 505 g/mol. The van der Waals surface area contributed by atoms with E-state index in [-0.39, 0.29) is 0 Å². The van der Waals surface area contributed by atoms with Crippen molar-refractivity contribution in [2.75, 3.05) is 29.4 Å². The van der Waals surface area contributed by atoms with Crippen molar-refractivity contribution < 1.29 is 10.0 Å². The molecular formula is C26H36N2O2S3. The van der Waals surface area contributed by atoms with E-state index in [2.05, 4.69) is 12.2 Å². The number of hydrogen-bond acceptors (Lipinski definition) is 5. The second kappa shape index (κ2) is 15.4. The van der Waals surface area contributed by atoms with Crippen molar-refractivity contribution >= 4 is 52.3 Å². The smallest absolute Gasteiger partial charge is 0.281 e. The summed E-state index contributed by atoms with van der Waals surface area (Å²) in [7, 11) is 0. The fraction of sp³-hybridized carbons (Fsp3) is 0.462. The Morgan fingerprint density at radius 3 is 2.36 bits per heavy atom. The minimum atomic E-state index is -0.455. The summed E-state index contributed by atoms with van der Waals surface area (Å²) in [5.41, 5.74) is 2.47. The highest BCUT2D eigenvalue weighted by atomic mass is 32.2. The van der Waals surface area contributed by atoms with E-state index in [0.29, 0.717) is 16.2 Å². The van der Waals surface area contributed by atoms with Crippen LogP contribution in [0, 0.1) is 6.92 Å². The Bertz CT molecular complexity index is 888. The van der Waals surface area contributed by atoms with Crippen LogP contribution >= 0.6 is 35.7 Å². The van der Waals surface area contributed by atoms with Gasteiger partial charge in [0.05, 0.1) is 5.69 Å². The van der Waals surface area contributed by atoms with E-state index in [9.17, 15) is 10.0 Å². The normalized spacial score (nSPS) is 10.8. The number of carbonyl (C=O) groups is 1. The van der Waals surface area contributed by atoms with Gasteiger partial charge in [-0.05, 0) is 61.2 Å². The number of benzene rings is 2. The van der Waals surface area contributed by atoms with Gasteiger partial charge in [-0.2, -0.15) is 16.8 Å². The van der Waals surface area contributed by atoms with E-state index >= 15 is 0 Å². The Morgan fingerprint density at radius 1 is 1.00 bits per heavy atom. The summed E-state index contributed by atoms with van der Waals surface area (Å²) in [5.74, 6) is 1.59. The standard InChI is InChI=1S/C26H36N2O2S3/c1-4-5-6-7-8-9-17-33-23-14-12-21(13-15-23)26(29)28(30)24-19-22(11-10-20(24)2)25(31)27-16-18-32-3/h10-15,19,30H,4-9,16-18H2,1-3H3,(H,27,31). The lowest BCUT2D eigenvalue weighted by molar-refractivity contribution is 0.0854. The van der Waals surface area contributed by atoms with Crippen molar-refractivity contribution in [1.82, 2.24) is 5.32 Å². The van der Waals surface area contributed by atoms with Crippen LogP contribution in [-0.2, 0) is 0 Å². The SMILES string of the molecule is CCCCCCCCSc1ccc(C(=O)N(O)c2cc(C(=S)NCCSC)ccc2C)cc1. The van der Waals surface area contributed by atoms with Gasteiger partial charge >= 0.3 is 0 Å². The van der Waals surface area contributed by atoms with Gasteiger partial charge < -0.3 is 5.32 Å². The van der Waals surface area contributed by atoms with E-state index in [1.807, 2.05) is 49.2 Å². The van der Waals surface area contributed by atoms with Crippen LogP contribution in [0.3, 0.4) is 0 Å². The van der Waals surface area contributed by atoms with Crippen molar-refractivity contribution in [1.29, 1.82) is 0 Å². The van der Waals surface area contributed by atoms with Crippen LogP contribution in [0.5, 0.6) is 0 Å². The summed E-state index contributed by atoms with van der Waals surface area (Å²) in [6, 6.07) is 13.0. The molecule has 4 nitrogen and oxygen atoms in total. The number of carbonyl (C=O) groups excluding carboxylic acids is 1. The number of aryl methyl sites for hydroxylation is 1. The molecule has 0 atom stereocenters. The van der Waals surface area contributed by atoms with E-state index in [1.165, 1.54) is 38.5 Å². The molecule has 0 radical (unpaired) electrons. The first-order valence-electron chi connectivity index (χ1n) is 11.6. The van der Waals surface area contributed by atoms with Gasteiger partial charge in [0, 0.05) is 28.3 Å². The molecule has 0 spiro atoms. The van der Waals surface area contributed by atoms with E-state index in [4.69, 9.17) is 12.2 Å². The second-order valence-electron chi connectivity index (χ2n) is 8.01. The largest absolute Gasteiger partial charge is 0.375 e. The minimum Gasteiger partial charge on any atom is -0.375 e. The monoisotopic (exact) mass is 504 g/mol. The highest BCUT2D eigenvalue weighted by Crippen LogP contribution is 2.25. The van der Waals surface area contributed by atoms with Gasteiger partial charge in [0.25, 0.3) is 5.91 Å². The summed E-state index contributed by atoms with van der Waals surface area (Å²) < 4.78 is 0. The first-order valence-corrected chi connectivity index (χ1v) is 14.4. The van der Waals surface area contributed by atoms with E-state index in [0.717, 1.165) is 39.1 Å². The van der Waals surface area contributed by atoms with Gasteiger partial charge in [-0.1, -0.05) is 63.4 Å². The van der Waals surface area contributed by atoms with Gasteiger partial charge in [-0.3, -0.25) is 10.0 Å². The van der Waals surface area contributed by atoms with Gasteiger partial charge in [-0.15, -0.1) is 11.8 Å². The molecule has 180 valence electrons. The van der Waals surface area contributed by atoms with Gasteiger partial charge in [0.2, 0.25) is 0 Å². The molecule has 33 heavy (non-hydrogen) atoms. The molecule has 0 saturated heterocycles. The molecule has 2 aromatic rings. The van der Waals surface area contributed by atoms with Gasteiger partial charge in [0.1, 0.15) is 4.99 Å². The summed E-state index contributed by atoms with van der Waals surface area (Å²) in [5, 5.41) is 14.6. The van der Waals surface area contributed by atoms with Crippen molar-refractivity contribution in [2.45, 2.75) is 57.3 Å². The lowest BCUT2D eigenvalue weighted by Crippen LogP contribution is -2.29. The third-order valence-electron chi connectivity index (χ3n) is 5.35. The molecule has 2 aromatic carbocycles. The van der Waals surface area contributed by atoms with Crippen LogP contribution in [0.25, 0.3) is 0 Å². The second-order valence-corrected chi connectivity index (χ2v) is 10.6. The number of thioether (sulfide) groups is 2. The predicted molar refractivity (Wildman–Crippen MR) is 148 cm³/mol. The number of amides is 1. The van der Waals surface area contributed by atoms with Crippen LogP contribution in [-0.4, -0.2) is 40.4 Å². The van der Waals surface area contributed by atoms with Crippen molar-refractivity contribution in [3.8, 4) is 0 Å². The molecule has 0 aliphatic heterocycles. The molecule has 1 amide bonds. The highest BCUT2D eigenvalue weighted by molar-refractivity contribution is 7.99. The number of thiocarbonyl (C=S) groups is 1. The Balaban J connectivity index is 1.94. The van der Waals surface area contributed by atoms with E-state index in [1.54, 1.807) is 30.0 Å². The Morgan fingerprint density at radius 2 is 1.67 bits per heavy atom. The lowest BCUT2D eigenvalue weighted by atomic mass is 10.1. The van der Waals surface area contributed by atoms with Gasteiger partial charge in [0.15, 0.2) is 0 Å². The molecule has 2 rings (SSSR count). The molecule has 0 aliphatic carbocycles. The minimum absolute atomic E-state index is 0.438. The topological polar surface area (TPSA) is 52.6 Å². The van der Waals surface area contributed by atoms with Crippen molar-refractivity contribution in [3.05, 3.63) is 59.2 Å². The number of nitrogens with one attached hydrogen (secondary N) is 1. The molecule has 0 heterocycles. The predicted octanol–water partition coefficient (Wildman–Crippen LogP) is 7.11. The van der Waals surface area contributed by atoms with Crippen LogP contribution < -0.4 is 10.4 Å². The fourth-order valence-electron chi connectivity index (χ4n) is 3.35. The first-order chi connectivity index (χ1) is 16.0. The van der Waals surface area contributed by atoms with Crippen molar-refractivity contribution in [3.63, 3.8) is 0 Å². The number of hydroxylamine groups is 1. The Hall–Kier alpha value is -1.54. The van der Waals surface area contributed by atoms with Crippen LogP contribution in [0.2, 0.25) is 0 Å². The lowest BCUT2D eigenvalue weighted by Gasteiger charge is -2.19. The fourth-order valence-corrected chi connectivity index (χ4v) is 4.79. The molecular weight excluding hydrogens is 468 g/mol. The molecule has 0 bridgehead atoms. The maximum atomic E-state index is 12.9. The maximum Gasteiger partial charge on any atom is 0.281 e. The maximum absolute atomic E-state index is 12.9. The molecule has 0 fully saturated rings. The quantitative estimate of drug-likeness (QED) is 0.0940. The third kappa shape index (κ3) is 9.32. The third-order valence-corrected chi connectivity index (χ3v) is 7.44. The Labute approximate surface area is 212 Å². The highest BCUT2D eigenvalue weighted by Gasteiger charge is 2.18. The molecule has 0 unspecified atom stereocenters. The van der Waals surface area contributed by atoms with Gasteiger partial charge in [-0.25, -0.2) is 0 Å². The molecule has 7 heteroatoms. The summed E-state index contributed by atoms with van der Waals surface area (Å²) in [6.45, 7) is 4.87. The van der Waals surface area contributed by atoms with Crippen LogP contribution in [0.1, 0.15) is 66.9 Å². The number of hydrogen-bond donors (Lipinski definition) is 2. The number of rotatable bonds is 14. The zero-order valence-corrected chi connectivity index (χ0v) is 22.4. The summed E-state index contributed by atoms with van der Waals surface area (Å²) >= 11 is 9.02. The van der Waals surface area contributed by atoms with E-state index < -0.39 is 5.91 Å². The summed E-state index contributed by atoms with van der Waals surface area (Å²) in [6.07, 6.45) is 9.78. The number of anilines is 1. The molecule has 2 N–H and O–H groups in total. The summed E-state index contributed by atoms with van der Waals surface area (Å²) in [4.78, 5) is 14.7. The molecule has 0 saturated carbocycles. The van der Waals surface area contributed by atoms with Crippen molar-refractivity contribution in [2.24, 2.45) is 0 Å². The molecule has 0 aromatic heterocycles. The van der Waals surface area contributed by atoms with Crippen LogP contribution in [0.15, 0.2) is 47.4 Å².